The highest BCUT2D eigenvalue weighted by Gasteiger charge is 2.22. The normalized spacial score (nSPS) is 11.6. The summed E-state index contributed by atoms with van der Waals surface area (Å²) in [5.41, 5.74) is 10.1. The third-order valence-electron chi connectivity index (χ3n) is 9.66. The minimum Gasteiger partial charge on any atom is -0.455 e. The van der Waals surface area contributed by atoms with Crippen molar-refractivity contribution in [3.63, 3.8) is 0 Å². The molecule has 0 fully saturated rings. The minimum atomic E-state index is 0.436. The fourth-order valence-electron chi connectivity index (χ4n) is 7.56. The zero-order valence-electron chi connectivity index (χ0n) is 25.9. The average molecular weight is 626 g/mol. The van der Waals surface area contributed by atoms with Crippen molar-refractivity contribution in [3.05, 3.63) is 151 Å². The maximum Gasteiger partial charge on any atom is 0.160 e. The molecule has 3 aromatic heterocycles. The van der Waals surface area contributed by atoms with Gasteiger partial charge in [-0.05, 0) is 65.7 Å². The van der Waals surface area contributed by atoms with Gasteiger partial charge in [-0.1, -0.05) is 84.9 Å². The van der Waals surface area contributed by atoms with E-state index in [1.54, 1.807) is 18.2 Å². The van der Waals surface area contributed by atoms with Gasteiger partial charge >= 0.3 is 0 Å². The van der Waals surface area contributed by atoms with Crippen LogP contribution in [0.5, 0.6) is 0 Å². The van der Waals surface area contributed by atoms with E-state index in [9.17, 15) is 10.5 Å². The Morgan fingerprint density at radius 1 is 0.469 bits per heavy atom. The van der Waals surface area contributed by atoms with Gasteiger partial charge in [0.1, 0.15) is 16.7 Å². The number of hydrogen-bond acceptors (Lipinski definition) is 4. The first-order valence-electron chi connectivity index (χ1n) is 16.0. The number of rotatable bonds is 3. The van der Waals surface area contributed by atoms with E-state index < -0.39 is 0 Å². The zero-order chi connectivity index (χ0) is 32.6. The molecule has 0 unspecified atom stereocenters. The molecule has 5 nitrogen and oxygen atoms in total. The van der Waals surface area contributed by atoms with E-state index in [0.29, 0.717) is 16.7 Å². The van der Waals surface area contributed by atoms with Crippen LogP contribution in [0.2, 0.25) is 0 Å². The summed E-state index contributed by atoms with van der Waals surface area (Å²) >= 11 is 0. The molecule has 0 aliphatic rings. The second-order valence-corrected chi connectivity index (χ2v) is 12.3. The van der Waals surface area contributed by atoms with Crippen LogP contribution in [-0.4, -0.2) is 4.57 Å². The molecular formula is C44H23N3O2. The van der Waals surface area contributed by atoms with Gasteiger partial charge in [-0.15, -0.1) is 0 Å². The number of furan rings is 2. The number of nitriles is 2. The molecule has 0 saturated carbocycles. The number of nitrogens with zero attached hydrogens (tertiary/aromatic N) is 3. The van der Waals surface area contributed by atoms with Crippen LogP contribution in [0, 0.1) is 22.7 Å². The maximum absolute atomic E-state index is 10.2. The Morgan fingerprint density at radius 2 is 1.04 bits per heavy atom. The van der Waals surface area contributed by atoms with Gasteiger partial charge in [-0.3, -0.25) is 0 Å². The average Bonchev–Trinajstić information content (AvgIpc) is 3.84. The predicted molar refractivity (Wildman–Crippen MR) is 196 cm³/mol. The molecular weight excluding hydrogens is 603 g/mol. The summed E-state index contributed by atoms with van der Waals surface area (Å²) in [6, 6.07) is 51.3. The summed E-state index contributed by atoms with van der Waals surface area (Å²) in [4.78, 5) is 0. The molecule has 0 aliphatic carbocycles. The molecule has 10 rings (SSSR count). The first-order chi connectivity index (χ1) is 24.2. The first-order valence-corrected chi connectivity index (χ1v) is 16.0. The first kappa shape index (κ1) is 27.1. The smallest absolute Gasteiger partial charge is 0.160 e. The van der Waals surface area contributed by atoms with Crippen molar-refractivity contribution in [3.8, 4) is 40.1 Å². The number of hydrogen-bond donors (Lipinski definition) is 0. The Morgan fingerprint density at radius 3 is 1.78 bits per heavy atom. The molecule has 0 aliphatic heterocycles. The molecule has 7 aromatic carbocycles. The molecule has 49 heavy (non-hydrogen) atoms. The standard InChI is InChI=1S/C44H23N3O2/c45-24-26-9-7-10-27(25-46)41(26)29-21-28(31-14-8-15-36-33-12-2-5-17-39(33)48-43(31)36)22-30(23-29)47-38-16-4-1-11-32(38)35-19-20-37-34-13-3-6-18-40(34)49-44(37)42(35)47/h1-23H. The molecule has 5 heteroatoms. The molecule has 0 spiro atoms. The number of aromatic nitrogens is 1. The summed E-state index contributed by atoms with van der Waals surface area (Å²) in [6.07, 6.45) is 0. The van der Waals surface area contributed by atoms with Crippen LogP contribution in [0.4, 0.5) is 0 Å². The van der Waals surface area contributed by atoms with E-state index in [4.69, 9.17) is 8.83 Å². The number of benzene rings is 7. The second-order valence-electron chi connectivity index (χ2n) is 12.3. The van der Waals surface area contributed by atoms with E-state index in [-0.39, 0.29) is 0 Å². The van der Waals surface area contributed by atoms with Gasteiger partial charge in [0.2, 0.25) is 0 Å². The summed E-state index contributed by atoms with van der Waals surface area (Å²) in [5, 5.41) is 26.8. The van der Waals surface area contributed by atoms with Crippen LogP contribution >= 0.6 is 0 Å². The lowest BCUT2D eigenvalue weighted by molar-refractivity contribution is 0.670. The Kier molecular flexibility index (Phi) is 5.64. The highest BCUT2D eigenvalue weighted by atomic mass is 16.3. The number of para-hydroxylation sites is 4. The molecule has 3 heterocycles. The zero-order valence-corrected chi connectivity index (χ0v) is 25.9. The predicted octanol–water partition coefficient (Wildman–Crippen LogP) is 11.7. The molecule has 226 valence electrons. The van der Waals surface area contributed by atoms with E-state index >= 15 is 0 Å². The third kappa shape index (κ3) is 3.85. The summed E-state index contributed by atoms with van der Waals surface area (Å²) in [7, 11) is 0. The van der Waals surface area contributed by atoms with E-state index in [1.807, 2.05) is 48.5 Å². The highest BCUT2D eigenvalue weighted by Crippen LogP contribution is 2.43. The quantitative estimate of drug-likeness (QED) is 0.196. The Hall–Kier alpha value is -7.08. The van der Waals surface area contributed by atoms with Crippen molar-refractivity contribution >= 4 is 65.7 Å². The maximum atomic E-state index is 10.2. The van der Waals surface area contributed by atoms with Crippen LogP contribution in [0.3, 0.4) is 0 Å². The lowest BCUT2D eigenvalue weighted by Gasteiger charge is -2.15. The molecule has 0 N–H and O–H groups in total. The SMILES string of the molecule is N#Cc1cccc(C#N)c1-c1cc(-c2cccc3c2oc2ccccc23)cc(-n2c3ccccc3c3ccc4c5ccccc5oc4c32)c1. The van der Waals surface area contributed by atoms with E-state index in [0.717, 1.165) is 88.1 Å². The molecule has 0 bridgehead atoms. The lowest BCUT2D eigenvalue weighted by Crippen LogP contribution is -1.98. The van der Waals surface area contributed by atoms with E-state index in [2.05, 4.69) is 89.5 Å². The Balaban J connectivity index is 1.37. The van der Waals surface area contributed by atoms with Crippen LogP contribution in [0.1, 0.15) is 11.1 Å². The van der Waals surface area contributed by atoms with Crippen molar-refractivity contribution < 1.29 is 8.83 Å². The second kappa shape index (κ2) is 10.2. The van der Waals surface area contributed by atoms with Gasteiger partial charge in [0.15, 0.2) is 5.58 Å². The van der Waals surface area contributed by atoms with Gasteiger partial charge in [0.05, 0.1) is 34.3 Å². The molecule has 0 amide bonds. The van der Waals surface area contributed by atoms with Crippen LogP contribution in [-0.2, 0) is 0 Å². The molecule has 10 aromatic rings. The Bertz CT molecular complexity index is 3060. The third-order valence-corrected chi connectivity index (χ3v) is 9.66. The van der Waals surface area contributed by atoms with Crippen molar-refractivity contribution in [2.45, 2.75) is 0 Å². The van der Waals surface area contributed by atoms with Gasteiger partial charge in [0.25, 0.3) is 0 Å². The molecule has 0 atom stereocenters. The summed E-state index contributed by atoms with van der Waals surface area (Å²) in [6.45, 7) is 0. The van der Waals surface area contributed by atoms with E-state index in [1.165, 1.54) is 0 Å². The van der Waals surface area contributed by atoms with Crippen LogP contribution < -0.4 is 0 Å². The summed E-state index contributed by atoms with van der Waals surface area (Å²) < 4.78 is 15.4. The van der Waals surface area contributed by atoms with Crippen molar-refractivity contribution in [1.82, 2.24) is 4.57 Å². The lowest BCUT2D eigenvalue weighted by atomic mass is 9.91. The topological polar surface area (TPSA) is 78.8 Å². The van der Waals surface area contributed by atoms with Gasteiger partial charge in [-0.2, -0.15) is 10.5 Å². The van der Waals surface area contributed by atoms with Crippen LogP contribution in [0.15, 0.2) is 148 Å². The van der Waals surface area contributed by atoms with Crippen molar-refractivity contribution in [2.75, 3.05) is 0 Å². The highest BCUT2D eigenvalue weighted by molar-refractivity contribution is 6.21. The van der Waals surface area contributed by atoms with Crippen molar-refractivity contribution in [2.24, 2.45) is 0 Å². The van der Waals surface area contributed by atoms with Crippen molar-refractivity contribution in [1.29, 1.82) is 10.5 Å². The fraction of sp³-hybridized carbons (Fsp3) is 0. The van der Waals surface area contributed by atoms with Gasteiger partial charge in [0, 0.05) is 49.1 Å². The Labute approximate surface area is 279 Å². The largest absolute Gasteiger partial charge is 0.455 e. The van der Waals surface area contributed by atoms with Crippen LogP contribution in [0.25, 0.3) is 93.6 Å². The van der Waals surface area contributed by atoms with Gasteiger partial charge in [-0.25, -0.2) is 0 Å². The van der Waals surface area contributed by atoms with Gasteiger partial charge < -0.3 is 13.4 Å². The molecule has 0 radical (unpaired) electrons. The monoisotopic (exact) mass is 625 g/mol. The minimum absolute atomic E-state index is 0.436. The summed E-state index contributed by atoms with van der Waals surface area (Å²) in [5.74, 6) is 0. The number of fused-ring (bicyclic) bond motifs is 10. The molecule has 0 saturated heterocycles. The fourth-order valence-corrected chi connectivity index (χ4v) is 7.56.